The molecule has 34 heteroatoms. The number of carbonyl (C=O) groups excluding carboxylic acids is 7. The number of carboxylic acids is 1. The molecule has 4 saturated carbocycles. The number of carbonyl (C=O) groups is 8. The Bertz CT molecular complexity index is 4850. The number of rotatable bonds is 27. The number of aromatic nitrogens is 6. The summed E-state index contributed by atoms with van der Waals surface area (Å²) in [6.45, 7) is 28.8. The summed E-state index contributed by atoms with van der Waals surface area (Å²) in [7, 11) is -4.96. The molecule has 6 heterocycles. The van der Waals surface area contributed by atoms with E-state index >= 15 is 0 Å². The van der Waals surface area contributed by atoms with Gasteiger partial charge >= 0.3 is 38.5 Å². The number of carboxylic acid groups (broad SMARTS) is 1. The molecule has 116 heavy (non-hydrogen) atoms. The first-order valence-corrected chi connectivity index (χ1v) is 42.3. The van der Waals surface area contributed by atoms with Gasteiger partial charge in [-0.25, -0.2) is 33.4 Å². The van der Waals surface area contributed by atoms with Gasteiger partial charge < -0.3 is 43.7 Å². The number of halogens is 1. The zero-order valence-corrected chi connectivity index (χ0v) is 71.9. The number of ketones is 2. The van der Waals surface area contributed by atoms with E-state index in [1.54, 1.807) is 128 Å². The Kier molecular flexibility index (Phi) is 27.6. The molecule has 6 aromatic rings. The molecule has 0 radical (unpaired) electrons. The van der Waals surface area contributed by atoms with Gasteiger partial charge in [0.15, 0.2) is 23.2 Å². The molecule has 5 N–H and O–H groups in total. The molecule has 0 unspecified atom stereocenters. The zero-order chi connectivity index (χ0) is 86.0. The first kappa shape index (κ1) is 91.2. The van der Waals surface area contributed by atoms with E-state index in [1.807, 2.05) is 91.9 Å². The van der Waals surface area contributed by atoms with Gasteiger partial charge in [0.05, 0.1) is 102 Å². The van der Waals surface area contributed by atoms with Crippen LogP contribution < -0.4 is 24.1 Å². The van der Waals surface area contributed by atoms with E-state index in [0.717, 1.165) is 29.5 Å². The van der Waals surface area contributed by atoms with Crippen molar-refractivity contribution in [3.63, 3.8) is 0 Å². The molecule has 4 aliphatic carbocycles. The second-order valence-corrected chi connectivity index (χ2v) is 38.7. The lowest BCUT2D eigenvalue weighted by molar-refractivity contribution is -0.161. The number of ether oxygens (including phenoxy) is 5. The van der Waals surface area contributed by atoms with Crippen molar-refractivity contribution in [3.05, 3.63) is 90.5 Å². The number of hydrogen-bond donors (Lipinski definition) is 4. The van der Waals surface area contributed by atoms with Crippen LogP contribution in [-0.2, 0) is 76.8 Å². The predicted octanol–water partition coefficient (Wildman–Crippen LogP) is 11.1. The number of nitrogens with two attached hydrogens (primary N) is 1. The molecule has 6 aliphatic rings. The van der Waals surface area contributed by atoms with E-state index in [4.69, 9.17) is 44.5 Å². The minimum absolute atomic E-state index is 0.00438. The summed E-state index contributed by atoms with van der Waals surface area (Å²) in [5.74, 6) is -3.32. The predicted molar refractivity (Wildman–Crippen MR) is 429 cm³/mol. The number of aliphatic hydroxyl groups is 1. The molecule has 2 saturated heterocycles. The summed E-state index contributed by atoms with van der Waals surface area (Å²) in [5.41, 5.74) is -5.08. The summed E-state index contributed by atoms with van der Waals surface area (Å²) in [5, 5.41) is 35.2. The fourth-order valence-electron chi connectivity index (χ4n) is 14.8. The van der Waals surface area contributed by atoms with Crippen molar-refractivity contribution in [2.45, 2.75) is 247 Å². The number of benzene rings is 2. The summed E-state index contributed by atoms with van der Waals surface area (Å²) in [4.78, 5) is 119. The maximum absolute atomic E-state index is 14.8. The minimum atomic E-state index is -4.43. The number of aliphatic carboxylic acids is 1. The number of amides is 3. The standard InChI is InChI=1S/C41H55N5O10S.C24H39NO7.C13H10ClN3O.C4H9NO3S/c1-10-25-22-41(25,37(50)44-57(51,52)56-40(8)14-15-40)23-32(47)31-19-27(24-45(31)36(49)29(38(2,3)4)20-35(48)55-39(5,6)7)54-33-21-34(46-17-11-16-42-46)43-30-18-26(53-9)12-13-28(30)33;1-8-14-11-24(14,21(30)31)12-18(27)17-9-15(26)13-25(17)20(29)16(22(2,3)4)10-19(28)32-23(5,6)7;1-18-9-3-4-10-11(14)8-13(16-12(10)7-9)17-6-2-5-15-17;1-4(2-3-4)8-9(5,6)7/h11-13,16-18,21,25,27,29,31H,10,14-15,19-20,22-24H2,1-9H3,(H,44,50);14-17,26H,8-13H2,1-7H3,(H,30,31);2-8H,1H3;2-3H2,1H3,(H2,5,6,7)/t25-,27-,29-,31+,41-;14-,15-,16-,17+,24-;;/m11../s1. The van der Waals surface area contributed by atoms with Crippen LogP contribution in [0.4, 0.5) is 0 Å². The van der Waals surface area contributed by atoms with Gasteiger partial charge in [-0.3, -0.25) is 42.5 Å². The molecule has 2 aromatic carbocycles. The van der Waals surface area contributed by atoms with Gasteiger partial charge in [0.25, 0.3) is 0 Å². The van der Waals surface area contributed by atoms with E-state index in [0.29, 0.717) is 77.6 Å². The van der Waals surface area contributed by atoms with Crippen LogP contribution in [0.25, 0.3) is 33.4 Å². The van der Waals surface area contributed by atoms with E-state index < -0.39 is 136 Å². The lowest BCUT2D eigenvalue weighted by atomic mass is 9.77. The molecule has 4 aromatic heterocycles. The molecule has 10 atom stereocenters. The molecule has 12 rings (SSSR count). The summed E-state index contributed by atoms with van der Waals surface area (Å²) in [6.07, 6.45) is 9.37. The lowest BCUT2D eigenvalue weighted by Gasteiger charge is -2.35. The van der Waals surface area contributed by atoms with Gasteiger partial charge in [0, 0.05) is 92.1 Å². The highest BCUT2D eigenvalue weighted by Crippen LogP contribution is 2.59. The largest absolute Gasteiger partial charge is 0.497 e. The highest BCUT2D eigenvalue weighted by atomic mass is 35.5. The van der Waals surface area contributed by atoms with Gasteiger partial charge in [-0.2, -0.15) is 27.0 Å². The molecular formula is C82H113ClN10O21S2. The van der Waals surface area contributed by atoms with Crippen molar-refractivity contribution >= 4 is 101 Å². The van der Waals surface area contributed by atoms with Gasteiger partial charge in [0.2, 0.25) is 17.7 Å². The number of esters is 2. The highest BCUT2D eigenvalue weighted by molar-refractivity contribution is 7.85. The molecule has 636 valence electrons. The monoisotopic (exact) mass is 1670 g/mol. The van der Waals surface area contributed by atoms with Crippen LogP contribution in [0.1, 0.15) is 201 Å². The van der Waals surface area contributed by atoms with E-state index in [2.05, 4.69) is 29.2 Å². The number of fused-ring (bicyclic) bond motifs is 2. The topological polar surface area (TPSA) is 416 Å². The Morgan fingerprint density at radius 1 is 0.621 bits per heavy atom. The van der Waals surface area contributed by atoms with Crippen LogP contribution in [0.2, 0.25) is 5.02 Å². The van der Waals surface area contributed by atoms with Gasteiger partial charge in [-0.05, 0) is 153 Å². The highest BCUT2D eigenvalue weighted by Gasteiger charge is 2.63. The van der Waals surface area contributed by atoms with Gasteiger partial charge in [-0.1, -0.05) is 79.8 Å². The number of Topliss-reactive ketones (excluding diaryl/α,β-unsaturated/α-hetero) is 2. The van der Waals surface area contributed by atoms with Crippen molar-refractivity contribution < 1.29 is 97.5 Å². The molecule has 3 amide bonds. The second kappa shape index (κ2) is 35.1. The van der Waals surface area contributed by atoms with Crippen LogP contribution in [0, 0.1) is 45.3 Å². The Morgan fingerprint density at radius 2 is 1.06 bits per heavy atom. The number of pyridine rings is 2. The maximum atomic E-state index is 14.8. The summed E-state index contributed by atoms with van der Waals surface area (Å²) in [6, 6.07) is 16.2. The Morgan fingerprint density at radius 3 is 1.47 bits per heavy atom. The smallest absolute Gasteiger partial charge is 0.362 e. The normalized spacial score (nSPS) is 23.0. The first-order valence-electron chi connectivity index (χ1n) is 39.1. The Balaban J connectivity index is 0.000000215. The van der Waals surface area contributed by atoms with Crippen LogP contribution in [-0.4, -0.2) is 188 Å². The number of aliphatic hydroxyl groups excluding tert-OH is 1. The van der Waals surface area contributed by atoms with Crippen LogP contribution in [0.15, 0.2) is 85.5 Å². The number of β-amino-alcohol motifs (C(OH)–C–C–N with tert-alkyl or cyclic N) is 1. The van der Waals surface area contributed by atoms with Crippen LogP contribution in [0.5, 0.6) is 17.2 Å². The van der Waals surface area contributed by atoms with Gasteiger partial charge in [-0.15, -0.1) is 0 Å². The van der Waals surface area contributed by atoms with Crippen molar-refractivity contribution in [2.75, 3.05) is 27.3 Å². The SMILES string of the molecule is CC1(OS(N)(=O)=O)CC1.CC[C@@H]1C[C@]1(CC(=O)[C@@H]1C[C@@H](O)CN1C(=O)[C@@H](CC(=O)OC(C)(C)C)C(C)(C)C)C(=O)O.CC[C@@H]1C[C@]1(CC(=O)[C@@H]1C[C@@H](Oc2cc(-n3cccn3)nc3cc(OC)ccc23)CN1C(=O)[C@@H](CC(=O)OC(C)(C)C)C(C)(C)C)C(=O)NS(=O)(=O)OC1(C)CC1.COc1ccc2c(Cl)cc(-n3cccn3)nc2c1. The van der Waals surface area contributed by atoms with Crippen LogP contribution in [0.3, 0.4) is 0 Å². The van der Waals surface area contributed by atoms with Gasteiger partial charge in [0.1, 0.15) is 34.6 Å². The van der Waals surface area contributed by atoms with Crippen molar-refractivity contribution in [1.82, 2.24) is 44.1 Å². The molecule has 6 fully saturated rings. The third kappa shape index (κ3) is 23.6. The summed E-state index contributed by atoms with van der Waals surface area (Å²) < 4.78 is 89.7. The van der Waals surface area contributed by atoms with Crippen molar-refractivity contribution in [3.8, 4) is 28.9 Å². The lowest BCUT2D eigenvalue weighted by Crippen LogP contribution is -2.49. The molecule has 0 spiro atoms. The minimum Gasteiger partial charge on any atom is -0.497 e. The zero-order valence-electron chi connectivity index (χ0n) is 69.5. The third-order valence-corrected chi connectivity index (χ3v) is 23.9. The molecule has 31 nitrogen and oxygen atoms in total. The summed E-state index contributed by atoms with van der Waals surface area (Å²) >= 11 is 6.25. The van der Waals surface area contributed by atoms with Crippen molar-refractivity contribution in [1.29, 1.82) is 0 Å². The number of hydrogen-bond acceptors (Lipinski definition) is 24. The Labute approximate surface area is 683 Å². The average molecular weight is 1670 g/mol. The molecule has 0 bridgehead atoms. The average Bonchev–Trinajstić information content (AvgIpc) is 1.57. The maximum Gasteiger partial charge on any atom is 0.362 e. The van der Waals surface area contributed by atoms with E-state index in [-0.39, 0.29) is 75.1 Å². The van der Waals surface area contributed by atoms with E-state index in [9.17, 15) is 65.4 Å². The molecular weight excluding hydrogens is 1560 g/mol. The Hall–Kier alpha value is -8.73. The second-order valence-electron chi connectivity index (χ2n) is 35.9. The first-order chi connectivity index (χ1) is 53.8. The number of likely N-dealkylation sites (tertiary alicyclic amines) is 2. The third-order valence-electron chi connectivity index (χ3n) is 21.9. The van der Waals surface area contributed by atoms with E-state index in [1.165, 1.54) is 9.80 Å². The quantitative estimate of drug-likeness (QED) is 0.0348. The molecule has 2 aliphatic heterocycles. The number of methoxy groups -OCH3 is 2. The number of nitrogens with zero attached hydrogens (tertiary/aromatic N) is 8. The van der Waals surface area contributed by atoms with Crippen molar-refractivity contribution in [2.24, 2.45) is 50.5 Å². The van der Waals surface area contributed by atoms with Crippen LogP contribution >= 0.6 is 11.6 Å². The fraction of sp³-hybridized carbons (Fsp3) is 0.610. The number of nitrogens with one attached hydrogen (secondary N) is 1. The fourth-order valence-corrected chi connectivity index (χ4v) is 17.0.